The van der Waals surface area contributed by atoms with E-state index in [0.29, 0.717) is 24.1 Å². The molecule has 0 aliphatic rings. The van der Waals surface area contributed by atoms with Crippen molar-refractivity contribution in [1.82, 2.24) is 19.6 Å². The highest BCUT2D eigenvalue weighted by Crippen LogP contribution is 2.23. The van der Waals surface area contributed by atoms with Crippen LogP contribution in [0.15, 0.2) is 73.1 Å². The second-order valence-electron chi connectivity index (χ2n) is 7.42. The monoisotopic (exact) mass is 428 g/mol. The summed E-state index contributed by atoms with van der Waals surface area (Å²) in [5.41, 5.74) is 3.45. The van der Waals surface area contributed by atoms with E-state index >= 15 is 0 Å². The van der Waals surface area contributed by atoms with Crippen molar-refractivity contribution in [2.75, 3.05) is 0 Å². The Morgan fingerprint density at radius 2 is 1.06 bits per heavy atom. The molecule has 0 saturated heterocycles. The van der Waals surface area contributed by atoms with Crippen molar-refractivity contribution >= 4 is 33.2 Å². The first-order chi connectivity index (χ1) is 15.5. The van der Waals surface area contributed by atoms with Crippen molar-refractivity contribution in [3.05, 3.63) is 104 Å². The van der Waals surface area contributed by atoms with Crippen molar-refractivity contribution in [3.63, 3.8) is 0 Å². The molecule has 0 saturated carbocycles. The third-order valence-electron chi connectivity index (χ3n) is 5.37. The fourth-order valence-electron chi connectivity index (χ4n) is 3.69. The first-order valence-corrected chi connectivity index (χ1v) is 9.76. The molecule has 0 amide bonds. The molecular weight excluding hydrogens is 412 g/mol. The predicted octanol–water partition coefficient (Wildman–Crippen LogP) is 4.30. The largest absolute Gasteiger partial charge is 0.271 e. The van der Waals surface area contributed by atoms with Crippen LogP contribution in [0.3, 0.4) is 0 Å². The highest BCUT2D eigenvalue weighted by molar-refractivity contribution is 5.81. The van der Waals surface area contributed by atoms with E-state index in [-0.39, 0.29) is 11.4 Å². The molecule has 3 aromatic carbocycles. The Balaban J connectivity index is 1.37. The second kappa shape index (κ2) is 7.58. The van der Waals surface area contributed by atoms with Crippen molar-refractivity contribution in [1.29, 1.82) is 0 Å². The zero-order valence-electron chi connectivity index (χ0n) is 16.7. The maximum atomic E-state index is 11.1. The van der Waals surface area contributed by atoms with E-state index < -0.39 is 9.85 Å². The Morgan fingerprint density at radius 1 is 0.656 bits per heavy atom. The van der Waals surface area contributed by atoms with Gasteiger partial charge >= 0.3 is 0 Å². The molecule has 0 radical (unpaired) electrons. The molecular formula is C22H16N6O4. The quantitative estimate of drug-likeness (QED) is 0.294. The maximum absolute atomic E-state index is 11.1. The van der Waals surface area contributed by atoms with Gasteiger partial charge in [-0.1, -0.05) is 24.3 Å². The van der Waals surface area contributed by atoms with Gasteiger partial charge in [0.1, 0.15) is 0 Å². The third-order valence-corrected chi connectivity index (χ3v) is 5.37. The number of rotatable bonds is 6. The predicted molar refractivity (Wildman–Crippen MR) is 117 cm³/mol. The van der Waals surface area contributed by atoms with Crippen LogP contribution in [-0.4, -0.2) is 29.4 Å². The summed E-state index contributed by atoms with van der Waals surface area (Å²) in [6, 6.07) is 17.2. The van der Waals surface area contributed by atoms with Gasteiger partial charge in [0, 0.05) is 35.0 Å². The van der Waals surface area contributed by atoms with Crippen LogP contribution in [-0.2, 0) is 13.1 Å². The molecule has 0 aliphatic heterocycles. The number of nitro groups is 2. The molecule has 0 spiro atoms. The molecule has 0 atom stereocenters. The lowest BCUT2D eigenvalue weighted by Gasteiger charge is -2.07. The van der Waals surface area contributed by atoms with Gasteiger partial charge in [-0.25, -0.2) is 0 Å². The fourth-order valence-corrected chi connectivity index (χ4v) is 3.69. The van der Waals surface area contributed by atoms with Gasteiger partial charge in [0.15, 0.2) is 0 Å². The summed E-state index contributed by atoms with van der Waals surface area (Å²) < 4.78 is 3.47. The molecule has 2 heterocycles. The first-order valence-electron chi connectivity index (χ1n) is 9.76. The molecule has 2 aromatic heterocycles. The van der Waals surface area contributed by atoms with E-state index in [9.17, 15) is 20.2 Å². The van der Waals surface area contributed by atoms with Crippen LogP contribution >= 0.6 is 0 Å². The number of nitro benzene ring substituents is 2. The number of fused-ring (bicyclic) bond motifs is 2. The summed E-state index contributed by atoms with van der Waals surface area (Å²) >= 11 is 0. The number of aromatic nitrogens is 4. The van der Waals surface area contributed by atoms with E-state index in [1.807, 2.05) is 24.3 Å². The minimum Gasteiger partial charge on any atom is -0.260 e. The normalized spacial score (nSPS) is 11.2. The van der Waals surface area contributed by atoms with Gasteiger partial charge in [-0.3, -0.25) is 29.6 Å². The fraction of sp³-hybridized carbons (Fsp3) is 0.0909. The molecule has 5 aromatic rings. The van der Waals surface area contributed by atoms with E-state index in [1.54, 1.807) is 33.9 Å². The number of benzene rings is 3. The smallest absolute Gasteiger partial charge is 0.260 e. The Hall–Kier alpha value is -4.60. The third kappa shape index (κ3) is 3.54. The van der Waals surface area contributed by atoms with Crippen LogP contribution < -0.4 is 0 Å². The van der Waals surface area contributed by atoms with Gasteiger partial charge in [-0.2, -0.15) is 10.2 Å². The van der Waals surface area contributed by atoms with Crippen molar-refractivity contribution in [2.24, 2.45) is 0 Å². The minimum absolute atomic E-state index is 0.0290. The van der Waals surface area contributed by atoms with Crippen LogP contribution in [0, 0.1) is 20.2 Å². The number of non-ortho nitro benzene ring substituents is 2. The molecule has 0 bridgehead atoms. The van der Waals surface area contributed by atoms with Crippen molar-refractivity contribution in [3.8, 4) is 0 Å². The van der Waals surface area contributed by atoms with Gasteiger partial charge in [0.2, 0.25) is 0 Å². The summed E-state index contributed by atoms with van der Waals surface area (Å²) in [7, 11) is 0. The van der Waals surface area contributed by atoms with E-state index in [1.165, 1.54) is 24.3 Å². The molecule has 10 nitrogen and oxygen atoms in total. The molecule has 0 fully saturated rings. The average molecular weight is 428 g/mol. The second-order valence-corrected chi connectivity index (χ2v) is 7.42. The Labute approximate surface area is 180 Å². The summed E-state index contributed by atoms with van der Waals surface area (Å²) in [6.45, 7) is 0.948. The molecule has 10 heteroatoms. The van der Waals surface area contributed by atoms with Gasteiger partial charge in [-0.05, 0) is 23.3 Å². The van der Waals surface area contributed by atoms with E-state index in [0.717, 1.165) is 21.9 Å². The highest BCUT2D eigenvalue weighted by atomic mass is 16.6. The lowest BCUT2D eigenvalue weighted by molar-refractivity contribution is -0.384. The topological polar surface area (TPSA) is 122 Å². The maximum Gasteiger partial charge on any atom is 0.271 e. The van der Waals surface area contributed by atoms with Crippen LogP contribution in [0.2, 0.25) is 0 Å². The molecule has 0 N–H and O–H groups in total. The molecule has 32 heavy (non-hydrogen) atoms. The molecule has 158 valence electrons. The van der Waals surface area contributed by atoms with Gasteiger partial charge < -0.3 is 0 Å². The van der Waals surface area contributed by atoms with E-state index in [2.05, 4.69) is 10.2 Å². The zero-order chi connectivity index (χ0) is 22.2. The standard InChI is InChI=1S/C22H16N6O4/c29-27(30)19-7-5-17-11-23-25(21(17)9-19)13-15-1-2-16(4-3-15)14-26-22-10-20(28(31)32)8-6-18(22)12-24-26/h1-12H,13-14H2. The zero-order valence-corrected chi connectivity index (χ0v) is 16.7. The SMILES string of the molecule is O=[N+]([O-])c1ccc2cnn(Cc3ccc(Cn4ncc5ccc([N+](=O)[O-])cc54)cc3)c2c1. The molecule has 0 aliphatic carbocycles. The molecule has 0 unspecified atom stereocenters. The lowest BCUT2D eigenvalue weighted by atomic mass is 10.1. The van der Waals surface area contributed by atoms with Gasteiger partial charge in [0.25, 0.3) is 11.4 Å². The van der Waals surface area contributed by atoms with Crippen LogP contribution in [0.1, 0.15) is 11.1 Å². The Bertz CT molecular complexity index is 1370. The van der Waals surface area contributed by atoms with Gasteiger partial charge in [0.05, 0.1) is 46.4 Å². The van der Waals surface area contributed by atoms with Crippen molar-refractivity contribution in [2.45, 2.75) is 13.1 Å². The Kier molecular flexibility index (Phi) is 4.59. The first kappa shape index (κ1) is 19.4. The summed E-state index contributed by atoms with van der Waals surface area (Å²) in [4.78, 5) is 21.3. The van der Waals surface area contributed by atoms with Gasteiger partial charge in [-0.15, -0.1) is 0 Å². The number of hydrogen-bond donors (Lipinski definition) is 0. The Morgan fingerprint density at radius 3 is 1.44 bits per heavy atom. The average Bonchev–Trinajstić information content (AvgIpc) is 3.38. The lowest BCUT2D eigenvalue weighted by Crippen LogP contribution is -2.04. The summed E-state index contributed by atoms with van der Waals surface area (Å²) in [5.74, 6) is 0. The van der Waals surface area contributed by atoms with Crippen molar-refractivity contribution < 1.29 is 9.85 Å². The molecule has 5 rings (SSSR count). The summed E-state index contributed by atoms with van der Waals surface area (Å²) in [5, 5.41) is 32.5. The number of hydrogen-bond acceptors (Lipinski definition) is 6. The van der Waals surface area contributed by atoms with Crippen LogP contribution in [0.25, 0.3) is 21.8 Å². The van der Waals surface area contributed by atoms with Crippen LogP contribution in [0.4, 0.5) is 11.4 Å². The van der Waals surface area contributed by atoms with Crippen LogP contribution in [0.5, 0.6) is 0 Å². The number of nitrogens with zero attached hydrogens (tertiary/aromatic N) is 6. The summed E-state index contributed by atoms with van der Waals surface area (Å²) in [6.07, 6.45) is 3.38. The minimum atomic E-state index is -0.417. The van der Waals surface area contributed by atoms with E-state index in [4.69, 9.17) is 0 Å². The highest BCUT2D eigenvalue weighted by Gasteiger charge is 2.12.